The second-order valence-electron chi connectivity index (χ2n) is 1.67. The van der Waals surface area contributed by atoms with Crippen LogP contribution in [0.3, 0.4) is 0 Å². The van der Waals surface area contributed by atoms with E-state index in [1.165, 1.54) is 16.7 Å². The van der Waals surface area contributed by atoms with Gasteiger partial charge in [0.05, 0.1) is 0 Å². The van der Waals surface area contributed by atoms with E-state index in [-0.39, 0.29) is 0 Å². The molecular weight excluding hydrogens is 104 g/mol. The first kappa shape index (κ1) is 7.18. The zero-order valence-corrected chi connectivity index (χ0v) is 7.40. The molecule has 0 saturated carbocycles. The predicted octanol–water partition coefficient (Wildman–Crippen LogP) is 0.124. The minimum Gasteiger partial charge on any atom is -0.383 e. The van der Waals surface area contributed by atoms with E-state index in [9.17, 15) is 0 Å². The van der Waals surface area contributed by atoms with Crippen molar-refractivity contribution in [3.8, 4) is 0 Å². The van der Waals surface area contributed by atoms with E-state index in [0.717, 1.165) is 6.61 Å². The minimum atomic E-state index is 0.588. The van der Waals surface area contributed by atoms with Crippen LogP contribution >= 0.6 is 0 Å². The molecule has 0 bridgehead atoms. The maximum absolute atomic E-state index is 5.25. The molecule has 1 unspecified atom stereocenters. The lowest BCUT2D eigenvalue weighted by atomic mass is 10.5. The molecule has 0 aromatic rings. The van der Waals surface area contributed by atoms with Crippen LogP contribution in [0, 0.1) is 0 Å². The highest BCUT2D eigenvalue weighted by Crippen LogP contribution is 1.88. The van der Waals surface area contributed by atoms with Gasteiger partial charge in [-0.3, -0.25) is 0 Å². The SMILES string of the molecule is CCOC([SiH3])CC. The van der Waals surface area contributed by atoms with Crippen molar-refractivity contribution in [3.05, 3.63) is 0 Å². The largest absolute Gasteiger partial charge is 0.383 e. The van der Waals surface area contributed by atoms with Crippen LogP contribution in [0.5, 0.6) is 0 Å². The number of hydrogen-bond donors (Lipinski definition) is 0. The minimum absolute atomic E-state index is 0.588. The fourth-order valence-electron chi connectivity index (χ4n) is 0.402. The summed E-state index contributed by atoms with van der Waals surface area (Å²) in [5, 5.41) is 0. The molecule has 7 heavy (non-hydrogen) atoms. The molecule has 0 saturated heterocycles. The number of rotatable bonds is 3. The second-order valence-corrected chi connectivity index (χ2v) is 2.96. The van der Waals surface area contributed by atoms with Crippen LogP contribution in [-0.4, -0.2) is 22.6 Å². The highest BCUT2D eigenvalue weighted by molar-refractivity contribution is 6.10. The summed E-state index contributed by atoms with van der Waals surface area (Å²) in [5.41, 5.74) is 0.588. The van der Waals surface area contributed by atoms with Gasteiger partial charge in [0.15, 0.2) is 0 Å². The maximum atomic E-state index is 5.25. The van der Waals surface area contributed by atoms with Gasteiger partial charge in [-0.05, 0) is 13.3 Å². The lowest BCUT2D eigenvalue weighted by molar-refractivity contribution is 0.117. The summed E-state index contributed by atoms with van der Waals surface area (Å²) >= 11 is 0. The molecule has 0 fully saturated rings. The van der Waals surface area contributed by atoms with Gasteiger partial charge in [0, 0.05) is 22.6 Å². The van der Waals surface area contributed by atoms with E-state index in [0.29, 0.717) is 5.73 Å². The molecule has 0 radical (unpaired) electrons. The molecule has 0 rings (SSSR count). The predicted molar refractivity (Wildman–Crippen MR) is 35.6 cm³/mol. The molecule has 44 valence electrons. The molecule has 1 atom stereocenters. The summed E-state index contributed by atoms with van der Waals surface area (Å²) in [7, 11) is 1.18. The average molecular weight is 118 g/mol. The molecule has 0 N–H and O–H groups in total. The zero-order valence-electron chi connectivity index (χ0n) is 5.40. The first-order valence-corrected chi connectivity index (χ1v) is 4.08. The maximum Gasteiger partial charge on any atom is 0.0436 e. The van der Waals surface area contributed by atoms with Crippen LogP contribution in [0.4, 0.5) is 0 Å². The van der Waals surface area contributed by atoms with Gasteiger partial charge >= 0.3 is 0 Å². The number of ether oxygens (including phenoxy) is 1. The van der Waals surface area contributed by atoms with Crippen LogP contribution in [-0.2, 0) is 4.74 Å². The molecule has 0 amide bonds. The van der Waals surface area contributed by atoms with Crippen LogP contribution in [0.1, 0.15) is 20.3 Å². The Morgan fingerprint density at radius 2 is 2.14 bits per heavy atom. The molecule has 0 heterocycles. The summed E-state index contributed by atoms with van der Waals surface area (Å²) in [5.74, 6) is 0. The van der Waals surface area contributed by atoms with Crippen molar-refractivity contribution in [1.29, 1.82) is 0 Å². The van der Waals surface area contributed by atoms with E-state index in [2.05, 4.69) is 6.92 Å². The Morgan fingerprint density at radius 3 is 2.29 bits per heavy atom. The van der Waals surface area contributed by atoms with Gasteiger partial charge in [-0.15, -0.1) is 0 Å². The summed E-state index contributed by atoms with van der Waals surface area (Å²) in [6, 6.07) is 0. The number of hydrogen-bond acceptors (Lipinski definition) is 1. The van der Waals surface area contributed by atoms with Gasteiger partial charge in [-0.1, -0.05) is 6.92 Å². The Morgan fingerprint density at radius 1 is 1.57 bits per heavy atom. The molecule has 0 aliphatic heterocycles. The van der Waals surface area contributed by atoms with Gasteiger partial charge in [0.2, 0.25) is 0 Å². The van der Waals surface area contributed by atoms with Crippen LogP contribution < -0.4 is 0 Å². The van der Waals surface area contributed by atoms with Crippen molar-refractivity contribution in [2.75, 3.05) is 6.61 Å². The Hall–Kier alpha value is 0.177. The summed E-state index contributed by atoms with van der Waals surface area (Å²) in [6.45, 7) is 5.08. The Labute approximate surface area is 48.5 Å². The lowest BCUT2D eigenvalue weighted by Crippen LogP contribution is -2.09. The average Bonchev–Trinajstić information content (AvgIpc) is 1.68. The summed E-state index contributed by atoms with van der Waals surface area (Å²) in [6.07, 6.45) is 1.18. The summed E-state index contributed by atoms with van der Waals surface area (Å²) < 4.78 is 5.25. The Balaban J connectivity index is 2.83. The standard InChI is InChI=1S/C5H14OSi/c1-3-5(7)6-4-2/h5H,3-4H2,1-2,7H3. The van der Waals surface area contributed by atoms with Crippen LogP contribution in [0.25, 0.3) is 0 Å². The van der Waals surface area contributed by atoms with Crippen LogP contribution in [0.2, 0.25) is 0 Å². The first-order valence-electron chi connectivity index (χ1n) is 2.92. The molecular formula is C5H14OSi. The van der Waals surface area contributed by atoms with Gasteiger partial charge in [-0.2, -0.15) is 0 Å². The quantitative estimate of drug-likeness (QED) is 0.478. The van der Waals surface area contributed by atoms with E-state index < -0.39 is 0 Å². The summed E-state index contributed by atoms with van der Waals surface area (Å²) in [4.78, 5) is 0. The van der Waals surface area contributed by atoms with Crippen molar-refractivity contribution in [1.82, 2.24) is 0 Å². The lowest BCUT2D eigenvalue weighted by Gasteiger charge is -2.05. The molecule has 0 aliphatic carbocycles. The highest BCUT2D eigenvalue weighted by atomic mass is 28.1. The second kappa shape index (κ2) is 4.34. The zero-order chi connectivity index (χ0) is 5.70. The van der Waals surface area contributed by atoms with Crippen molar-refractivity contribution < 1.29 is 4.74 Å². The molecule has 0 aliphatic rings. The molecule has 1 nitrogen and oxygen atoms in total. The van der Waals surface area contributed by atoms with Gasteiger partial charge in [-0.25, -0.2) is 0 Å². The first-order chi connectivity index (χ1) is 3.31. The van der Waals surface area contributed by atoms with Crippen molar-refractivity contribution in [2.24, 2.45) is 0 Å². The topological polar surface area (TPSA) is 9.23 Å². The van der Waals surface area contributed by atoms with E-state index in [4.69, 9.17) is 4.74 Å². The van der Waals surface area contributed by atoms with E-state index in [1.54, 1.807) is 0 Å². The van der Waals surface area contributed by atoms with Crippen molar-refractivity contribution in [3.63, 3.8) is 0 Å². The van der Waals surface area contributed by atoms with Gasteiger partial charge in [0.25, 0.3) is 0 Å². The fraction of sp³-hybridized carbons (Fsp3) is 1.00. The third-order valence-electron chi connectivity index (χ3n) is 1.03. The van der Waals surface area contributed by atoms with Gasteiger partial charge in [0.1, 0.15) is 0 Å². The highest BCUT2D eigenvalue weighted by Gasteiger charge is 1.91. The van der Waals surface area contributed by atoms with Crippen molar-refractivity contribution in [2.45, 2.75) is 26.0 Å². The van der Waals surface area contributed by atoms with Gasteiger partial charge < -0.3 is 4.74 Å². The smallest absolute Gasteiger partial charge is 0.0436 e. The monoisotopic (exact) mass is 118 g/mol. The normalized spacial score (nSPS) is 14.6. The van der Waals surface area contributed by atoms with Crippen LogP contribution in [0.15, 0.2) is 0 Å². The third kappa shape index (κ3) is 4.02. The van der Waals surface area contributed by atoms with Crippen molar-refractivity contribution >= 4 is 10.2 Å². The molecule has 0 spiro atoms. The Bertz CT molecular complexity index is 39.1. The van der Waals surface area contributed by atoms with E-state index in [1.807, 2.05) is 6.92 Å². The third-order valence-corrected chi connectivity index (χ3v) is 2.18. The molecule has 0 aromatic heterocycles. The molecule has 2 heteroatoms. The van der Waals surface area contributed by atoms with E-state index >= 15 is 0 Å². The Kier molecular flexibility index (Phi) is 4.45. The molecule has 0 aromatic carbocycles. The fourth-order valence-corrected chi connectivity index (χ4v) is 0.736.